The quantitative estimate of drug-likeness (QED) is 0.0222. The molecule has 98 heavy (non-hydrogen) atoms. The Morgan fingerprint density at radius 1 is 0.276 bits per heavy atom. The van der Waals surface area contributed by atoms with E-state index < -0.39 is 97.5 Å². The molecule has 582 valence electrons. The first kappa shape index (κ1) is 96.1. The van der Waals surface area contributed by atoms with Gasteiger partial charge in [-0.25, -0.2) is 9.13 Å². The van der Waals surface area contributed by atoms with Crippen LogP contribution >= 0.6 is 15.6 Å². The van der Waals surface area contributed by atoms with Gasteiger partial charge < -0.3 is 33.8 Å². The van der Waals surface area contributed by atoms with Gasteiger partial charge in [0.05, 0.1) is 26.4 Å². The predicted octanol–water partition coefficient (Wildman–Crippen LogP) is 23.5. The van der Waals surface area contributed by atoms with Crippen molar-refractivity contribution in [3.8, 4) is 0 Å². The van der Waals surface area contributed by atoms with Crippen LogP contribution in [0.2, 0.25) is 0 Å². The molecule has 0 aliphatic rings. The minimum absolute atomic E-state index is 0.108. The minimum Gasteiger partial charge on any atom is -0.462 e. The molecule has 0 aliphatic carbocycles. The number of carbonyl (C=O) groups is 4. The van der Waals surface area contributed by atoms with E-state index in [0.29, 0.717) is 25.7 Å². The Bertz CT molecular complexity index is 1890. The lowest BCUT2D eigenvalue weighted by atomic mass is 10.0. The van der Waals surface area contributed by atoms with Crippen LogP contribution in [0.1, 0.15) is 414 Å². The van der Waals surface area contributed by atoms with Crippen molar-refractivity contribution in [3.63, 3.8) is 0 Å². The Kier molecular flexibility index (Phi) is 69.3. The highest BCUT2D eigenvalue weighted by atomic mass is 31.2. The molecule has 0 aromatic carbocycles. The van der Waals surface area contributed by atoms with Gasteiger partial charge in [-0.05, 0) is 37.5 Å². The molecule has 0 fully saturated rings. The molecule has 0 aromatic rings. The van der Waals surface area contributed by atoms with Gasteiger partial charge in [-0.2, -0.15) is 0 Å². The second-order valence-electron chi connectivity index (χ2n) is 29.4. The van der Waals surface area contributed by atoms with Gasteiger partial charge >= 0.3 is 39.5 Å². The molecule has 2 unspecified atom stereocenters. The SMILES string of the molecule is CCCCCCCCCCCCCCCCCC(=O)O[C@H](COC(=O)CCCCCCCCC)COP(=O)(O)OC[C@H](O)COP(=O)(O)OC[C@@H](COC(=O)CCCCCCCCCCCCCCC(C)C)OC(=O)CCCCCCCCCCCCCCCCCCCCC(C)C. The molecule has 3 N–H and O–H groups in total. The van der Waals surface area contributed by atoms with Crippen LogP contribution in [0, 0.1) is 11.8 Å². The van der Waals surface area contributed by atoms with E-state index in [1.807, 2.05) is 0 Å². The van der Waals surface area contributed by atoms with Crippen LogP contribution in [-0.2, 0) is 65.4 Å². The van der Waals surface area contributed by atoms with Crippen molar-refractivity contribution in [2.24, 2.45) is 11.8 Å². The first-order valence-corrected chi connectivity index (χ1v) is 44.0. The first-order valence-electron chi connectivity index (χ1n) is 41.0. The number of ether oxygens (including phenoxy) is 4. The van der Waals surface area contributed by atoms with Crippen molar-refractivity contribution >= 4 is 39.5 Å². The molecule has 0 bridgehead atoms. The highest BCUT2D eigenvalue weighted by molar-refractivity contribution is 7.47. The predicted molar refractivity (Wildman–Crippen MR) is 400 cm³/mol. The van der Waals surface area contributed by atoms with Gasteiger partial charge in [0.2, 0.25) is 0 Å². The lowest BCUT2D eigenvalue weighted by Gasteiger charge is -2.21. The normalized spacial score (nSPS) is 13.9. The van der Waals surface area contributed by atoms with E-state index in [2.05, 4.69) is 41.5 Å². The van der Waals surface area contributed by atoms with Crippen molar-refractivity contribution in [1.82, 2.24) is 0 Å². The summed E-state index contributed by atoms with van der Waals surface area (Å²) >= 11 is 0. The third-order valence-electron chi connectivity index (χ3n) is 18.5. The summed E-state index contributed by atoms with van der Waals surface area (Å²) in [5.74, 6) is -0.513. The van der Waals surface area contributed by atoms with Crippen molar-refractivity contribution in [1.29, 1.82) is 0 Å². The van der Waals surface area contributed by atoms with Crippen molar-refractivity contribution in [2.75, 3.05) is 39.6 Å². The summed E-state index contributed by atoms with van der Waals surface area (Å²) < 4.78 is 68.5. The molecule has 0 amide bonds. The summed E-state index contributed by atoms with van der Waals surface area (Å²) in [5, 5.41) is 10.6. The number of esters is 4. The number of hydrogen-bond acceptors (Lipinski definition) is 15. The standard InChI is InChI=1S/C79H154O17P2/c1-7-9-11-13-15-16-17-18-23-27-34-39-45-51-57-63-78(83)95-74(67-89-76(81)61-55-49-41-14-12-10-8-2)69-93-97(85,86)91-65-73(80)66-92-98(87,88)94-70-75(68-90-77(82)62-56-50-44-38-33-30-29-32-37-43-48-54-60-72(5)6)96-79(84)64-58-52-46-40-35-28-25-22-20-19-21-24-26-31-36-42-47-53-59-71(3)4/h71-75,80H,7-70H2,1-6H3,(H,85,86)(H,87,88)/t73-,74+,75+/m0/s1. The fraction of sp³-hybridized carbons (Fsp3) is 0.949. The van der Waals surface area contributed by atoms with Crippen LogP contribution in [0.25, 0.3) is 0 Å². The Morgan fingerprint density at radius 2 is 0.469 bits per heavy atom. The molecular weight excluding hydrogens is 1280 g/mol. The summed E-state index contributed by atoms with van der Waals surface area (Å²) in [5.41, 5.74) is 0. The first-order chi connectivity index (χ1) is 47.4. The number of unbranched alkanes of at least 4 members (excludes halogenated alkanes) is 48. The van der Waals surface area contributed by atoms with Crippen LogP contribution in [0.5, 0.6) is 0 Å². The van der Waals surface area contributed by atoms with E-state index in [4.69, 9.17) is 37.0 Å². The number of phosphoric ester groups is 2. The Labute approximate surface area is 600 Å². The van der Waals surface area contributed by atoms with Gasteiger partial charge in [-0.1, -0.05) is 363 Å². The van der Waals surface area contributed by atoms with Crippen molar-refractivity contribution in [3.05, 3.63) is 0 Å². The van der Waals surface area contributed by atoms with Gasteiger partial charge in [-0.3, -0.25) is 37.3 Å². The highest BCUT2D eigenvalue weighted by Crippen LogP contribution is 2.45. The summed E-state index contributed by atoms with van der Waals surface area (Å²) in [4.78, 5) is 72.8. The van der Waals surface area contributed by atoms with E-state index >= 15 is 0 Å². The van der Waals surface area contributed by atoms with Gasteiger partial charge in [-0.15, -0.1) is 0 Å². The fourth-order valence-electron chi connectivity index (χ4n) is 12.2. The lowest BCUT2D eigenvalue weighted by molar-refractivity contribution is -0.161. The number of carbonyl (C=O) groups excluding carboxylic acids is 4. The molecule has 0 radical (unpaired) electrons. The molecule has 0 saturated heterocycles. The molecule has 5 atom stereocenters. The van der Waals surface area contributed by atoms with E-state index in [1.165, 1.54) is 218 Å². The van der Waals surface area contributed by atoms with Gasteiger partial charge in [0.25, 0.3) is 0 Å². The summed E-state index contributed by atoms with van der Waals surface area (Å²) in [7, 11) is -9.91. The lowest BCUT2D eigenvalue weighted by Crippen LogP contribution is -2.30. The molecule has 0 rings (SSSR count). The zero-order valence-electron chi connectivity index (χ0n) is 64.1. The summed E-state index contributed by atoms with van der Waals surface area (Å²) in [6, 6.07) is 0. The monoisotopic (exact) mass is 1440 g/mol. The second kappa shape index (κ2) is 70.7. The molecule has 0 spiro atoms. The average Bonchev–Trinajstić information content (AvgIpc) is 1.06. The second-order valence-corrected chi connectivity index (χ2v) is 32.3. The fourth-order valence-corrected chi connectivity index (χ4v) is 13.8. The smallest absolute Gasteiger partial charge is 0.462 e. The average molecular weight is 1440 g/mol. The number of aliphatic hydroxyl groups is 1. The number of hydrogen-bond donors (Lipinski definition) is 3. The minimum atomic E-state index is -4.96. The topological polar surface area (TPSA) is 237 Å². The zero-order valence-corrected chi connectivity index (χ0v) is 65.9. The van der Waals surface area contributed by atoms with Crippen LogP contribution < -0.4 is 0 Å². The van der Waals surface area contributed by atoms with Crippen LogP contribution in [0.4, 0.5) is 0 Å². The van der Waals surface area contributed by atoms with E-state index in [1.54, 1.807) is 0 Å². The molecule has 19 heteroatoms. The van der Waals surface area contributed by atoms with Gasteiger partial charge in [0, 0.05) is 25.7 Å². The number of aliphatic hydroxyl groups excluding tert-OH is 1. The Hall–Kier alpha value is -1.94. The van der Waals surface area contributed by atoms with E-state index in [9.17, 15) is 43.2 Å². The third-order valence-corrected chi connectivity index (χ3v) is 20.4. The van der Waals surface area contributed by atoms with Crippen LogP contribution in [0.3, 0.4) is 0 Å². The van der Waals surface area contributed by atoms with Crippen LogP contribution in [0.15, 0.2) is 0 Å². The maximum atomic E-state index is 13.1. The van der Waals surface area contributed by atoms with Crippen LogP contribution in [-0.4, -0.2) is 96.7 Å². The largest absolute Gasteiger partial charge is 0.472 e. The van der Waals surface area contributed by atoms with E-state index in [-0.39, 0.29) is 25.7 Å². The molecule has 17 nitrogen and oxygen atoms in total. The summed E-state index contributed by atoms with van der Waals surface area (Å²) in [6.45, 7) is 9.63. The van der Waals surface area contributed by atoms with E-state index in [0.717, 1.165) is 115 Å². The zero-order chi connectivity index (χ0) is 72.1. The van der Waals surface area contributed by atoms with Gasteiger partial charge in [0.1, 0.15) is 19.3 Å². The van der Waals surface area contributed by atoms with Gasteiger partial charge in [0.15, 0.2) is 12.2 Å². The molecule has 0 aromatic heterocycles. The van der Waals surface area contributed by atoms with Crippen molar-refractivity contribution < 1.29 is 80.2 Å². The number of phosphoric acid groups is 2. The molecule has 0 aliphatic heterocycles. The third kappa shape index (κ3) is 72.4. The maximum Gasteiger partial charge on any atom is 0.472 e. The maximum absolute atomic E-state index is 13.1. The Balaban J connectivity index is 5.17. The Morgan fingerprint density at radius 3 is 0.694 bits per heavy atom. The molecule has 0 heterocycles. The molecule has 0 saturated carbocycles. The number of rotatable bonds is 78. The summed E-state index contributed by atoms with van der Waals surface area (Å²) in [6.07, 6.45) is 59.8. The highest BCUT2D eigenvalue weighted by Gasteiger charge is 2.30. The van der Waals surface area contributed by atoms with Crippen molar-refractivity contribution in [2.45, 2.75) is 432 Å². The molecular formula is C79H154O17P2.